The van der Waals surface area contributed by atoms with E-state index in [9.17, 15) is 19.8 Å². The largest absolute Gasteiger partial charge is 0.508 e. The Morgan fingerprint density at radius 1 is 0.406 bits per heavy atom. The molecule has 0 spiro atoms. The Balaban J connectivity index is 0.000000139. The van der Waals surface area contributed by atoms with E-state index in [1.54, 1.807) is 49.4 Å². The van der Waals surface area contributed by atoms with Crippen LogP contribution in [0.15, 0.2) is 361 Å². The molecule has 0 fully saturated rings. The number of hydrogen-bond donors (Lipinski definition) is 3. The number of carbonyl (C=O) groups excluding carboxylic acids is 2. The number of nitrogens with zero attached hydrogens (tertiary/aromatic N) is 2. The van der Waals surface area contributed by atoms with Crippen molar-refractivity contribution in [3.8, 4) is 72.8 Å². The number of fused-ring (bicyclic) bond motifs is 6. The molecular formula is C92H71Br7N3O4+. The Morgan fingerprint density at radius 3 is 1.31 bits per heavy atom. The van der Waals surface area contributed by atoms with E-state index in [4.69, 9.17) is 0 Å². The fourth-order valence-electron chi connectivity index (χ4n) is 12.6. The summed E-state index contributed by atoms with van der Waals surface area (Å²) in [5.74, 6) is 0.725. The highest BCUT2D eigenvalue weighted by atomic mass is 79.9. The van der Waals surface area contributed by atoms with Crippen molar-refractivity contribution in [3.05, 3.63) is 383 Å². The minimum absolute atomic E-state index is 0. The molecule has 106 heavy (non-hydrogen) atoms. The van der Waals surface area contributed by atoms with Crippen molar-refractivity contribution < 1.29 is 24.4 Å². The number of ketones is 2. The number of rotatable bonds is 12. The van der Waals surface area contributed by atoms with Crippen LogP contribution in [0.2, 0.25) is 0 Å². The van der Waals surface area contributed by atoms with Gasteiger partial charge < -0.3 is 20.1 Å². The van der Waals surface area contributed by atoms with Crippen LogP contribution in [0.5, 0.6) is 11.5 Å². The molecule has 1 aliphatic carbocycles. The zero-order valence-electron chi connectivity index (χ0n) is 57.8. The molecule has 0 saturated heterocycles. The number of pyridine rings is 1. The third kappa shape index (κ3) is 20.0. The second-order valence-electron chi connectivity index (χ2n) is 25.5. The monoisotopic (exact) mass is 1830 g/mol. The van der Waals surface area contributed by atoms with Gasteiger partial charge in [0.1, 0.15) is 11.5 Å². The third-order valence-electron chi connectivity index (χ3n) is 17.7. The molecule has 2 heterocycles. The summed E-state index contributed by atoms with van der Waals surface area (Å²) in [4.78, 5) is 22.5. The highest BCUT2D eigenvalue weighted by Crippen LogP contribution is 2.50. The fraction of sp³-hybridized carbons (Fsp3) is 0.0543. The first-order valence-corrected chi connectivity index (χ1v) is 38.5. The van der Waals surface area contributed by atoms with Crippen LogP contribution in [0.25, 0.3) is 89.2 Å². The Morgan fingerprint density at radius 2 is 0.811 bits per heavy atom. The van der Waals surface area contributed by atoms with Gasteiger partial charge in [0.05, 0.1) is 11.0 Å². The standard InChI is InChI=1S/C33H26N2.2C18H12Br2O.C15H10Br2O.C8H10NO.BrH/c1-33(2)29-14-8-6-12-25(29)26-18-16-23(21-30(26)33)34-22-17-19-32-28(20-22)27-13-7-9-15-31(27)35(32)24-10-4-3-5-11-24;2*19-16-5-1-12(2-6-16)14-9-15(11-18(21)10-14)13-3-7-17(20)8-4-13;16-13-6-1-11(2-7-13)3-10-15(18)12-4-8-14(17)9-5-12;1-8(10)7-9-5-3-2-4-6-9;/h3-21,34H,1-2H3;2*1-11,21H;1-10H;2-6H,7H2,1H3;1H/q;;;;+1;/b;;;10-3+;;. The number of hydrogen-bond acceptors (Lipinski definition) is 5. The minimum Gasteiger partial charge on any atom is -0.508 e. The van der Waals surface area contributed by atoms with Gasteiger partial charge in [0.15, 0.2) is 24.0 Å². The van der Waals surface area contributed by atoms with Gasteiger partial charge in [-0.2, -0.15) is 4.57 Å². The zero-order chi connectivity index (χ0) is 73.6. The highest BCUT2D eigenvalue weighted by Gasteiger charge is 2.35. The number of phenolic OH excluding ortho intramolecular Hbond substituents is 2. The van der Waals surface area contributed by atoms with Crippen LogP contribution in [0.1, 0.15) is 47.8 Å². The van der Waals surface area contributed by atoms with E-state index < -0.39 is 0 Å². The van der Waals surface area contributed by atoms with E-state index in [2.05, 4.69) is 247 Å². The smallest absolute Gasteiger partial charge is 0.206 e. The average molecular weight is 1840 g/mol. The number of carbonyl (C=O) groups is 2. The number of para-hydroxylation sites is 2. The minimum atomic E-state index is -0.00330. The van der Waals surface area contributed by atoms with Gasteiger partial charge in [0.2, 0.25) is 6.54 Å². The van der Waals surface area contributed by atoms with E-state index in [1.165, 1.54) is 49.7 Å². The van der Waals surface area contributed by atoms with Gasteiger partial charge >= 0.3 is 0 Å². The van der Waals surface area contributed by atoms with Gasteiger partial charge in [-0.3, -0.25) is 9.59 Å². The van der Waals surface area contributed by atoms with Gasteiger partial charge in [0.25, 0.3) is 0 Å². The maximum atomic E-state index is 11.9. The van der Waals surface area contributed by atoms with Crippen molar-refractivity contribution in [3.63, 3.8) is 0 Å². The van der Waals surface area contributed by atoms with E-state index in [1.807, 2.05) is 175 Å². The summed E-state index contributed by atoms with van der Waals surface area (Å²) in [6.07, 6.45) is 7.16. The van der Waals surface area contributed by atoms with Crippen molar-refractivity contribution in [2.75, 3.05) is 5.32 Å². The lowest BCUT2D eigenvalue weighted by atomic mass is 9.82. The van der Waals surface area contributed by atoms with Gasteiger partial charge in [0, 0.05) is 84.7 Å². The third-order valence-corrected chi connectivity index (χ3v) is 20.9. The van der Waals surface area contributed by atoms with Crippen LogP contribution in [-0.4, -0.2) is 26.3 Å². The Bertz CT molecular complexity index is 5300. The first kappa shape index (κ1) is 77.7. The topological polar surface area (TPSA) is 95.4 Å². The molecule has 3 N–H and O–H groups in total. The number of benzene rings is 13. The molecule has 13 aromatic carbocycles. The number of phenols is 2. The number of Topliss-reactive ketones (excluding diaryl/α,β-unsaturated/α-hetero) is 1. The Labute approximate surface area is 679 Å². The number of aromatic nitrogens is 2. The lowest BCUT2D eigenvalue weighted by Gasteiger charge is -2.22. The molecular weight excluding hydrogens is 1770 g/mol. The Hall–Kier alpha value is -9.35. The maximum absolute atomic E-state index is 11.9. The molecule has 0 aliphatic heterocycles. The first-order valence-electron chi connectivity index (χ1n) is 33.8. The maximum Gasteiger partial charge on any atom is 0.206 e. The second kappa shape index (κ2) is 36.3. The van der Waals surface area contributed by atoms with Crippen molar-refractivity contribution in [1.29, 1.82) is 0 Å². The zero-order valence-corrected chi connectivity index (χ0v) is 69.0. The van der Waals surface area contributed by atoms with Crippen molar-refractivity contribution in [2.45, 2.75) is 32.7 Å². The van der Waals surface area contributed by atoms with E-state index >= 15 is 0 Å². The molecule has 0 atom stereocenters. The van der Waals surface area contributed by atoms with Crippen LogP contribution in [0.3, 0.4) is 0 Å². The van der Waals surface area contributed by atoms with Gasteiger partial charge in [-0.25, -0.2) is 0 Å². The molecule has 0 unspecified atom stereocenters. The molecule has 1 aliphatic rings. The van der Waals surface area contributed by atoms with Crippen LogP contribution in [0, 0.1) is 0 Å². The number of allylic oxidation sites excluding steroid dienone is 1. The molecule has 15 aromatic rings. The predicted octanol–water partition coefficient (Wildman–Crippen LogP) is 27.6. The molecule has 14 heteroatoms. The lowest BCUT2D eigenvalue weighted by molar-refractivity contribution is -0.684. The summed E-state index contributed by atoms with van der Waals surface area (Å²) >= 11 is 20.5. The number of halogens is 7. The van der Waals surface area contributed by atoms with Crippen LogP contribution in [-0.2, 0) is 16.8 Å². The van der Waals surface area contributed by atoms with Gasteiger partial charge in [-0.15, -0.1) is 17.0 Å². The lowest BCUT2D eigenvalue weighted by Crippen LogP contribution is -2.35. The molecule has 2 aromatic heterocycles. The fourth-order valence-corrected chi connectivity index (χ4v) is 14.2. The van der Waals surface area contributed by atoms with Crippen molar-refractivity contribution in [1.82, 2.24) is 4.57 Å². The van der Waals surface area contributed by atoms with Crippen LogP contribution in [0.4, 0.5) is 11.4 Å². The summed E-state index contributed by atoms with van der Waals surface area (Å²) in [5.41, 5.74) is 21.3. The highest BCUT2D eigenvalue weighted by molar-refractivity contribution is 9.11. The molecule has 0 saturated carbocycles. The molecule has 526 valence electrons. The molecule has 0 radical (unpaired) electrons. The quantitative estimate of drug-likeness (QED) is 0.0644. The molecule has 0 amide bonds. The van der Waals surface area contributed by atoms with E-state index in [0.29, 0.717) is 12.1 Å². The normalized spacial score (nSPS) is 11.4. The number of aromatic hydroxyl groups is 2. The summed E-state index contributed by atoms with van der Waals surface area (Å²) in [5, 5.41) is 26.2. The Kier molecular flexibility index (Phi) is 26.6. The van der Waals surface area contributed by atoms with Crippen LogP contribution >= 0.6 is 113 Å². The van der Waals surface area contributed by atoms with Crippen LogP contribution < -0.4 is 9.88 Å². The van der Waals surface area contributed by atoms with Crippen molar-refractivity contribution in [2.24, 2.45) is 0 Å². The second-order valence-corrected chi connectivity index (χ2v) is 31.0. The summed E-state index contributed by atoms with van der Waals surface area (Å²) < 4.78 is 10.4. The van der Waals surface area contributed by atoms with Crippen molar-refractivity contribution >= 4 is 163 Å². The SMILES string of the molecule is Br.CC(=O)C[n+]1ccccc1.CC1(C)c2ccccc2-c2ccc(Nc3ccc4c(c3)c3ccccc3n4-c3ccccc3)cc21.O=C(/C=C/c1ccc(Br)cc1)c1ccc(Br)cc1.Oc1cc(-c2ccc(Br)cc2)cc(-c2ccc(Br)cc2)c1.Oc1cc(-c2ccc(Br)cc2)cc(-c2ccc(Br)cc2)c1. The number of nitrogens with one attached hydrogen (secondary N) is 1. The molecule has 16 rings (SSSR count). The molecule has 0 bridgehead atoms. The van der Waals surface area contributed by atoms with E-state index in [0.717, 1.165) is 88.3 Å². The average Bonchev–Trinajstić information content (AvgIpc) is 1.58. The van der Waals surface area contributed by atoms with Gasteiger partial charge in [-0.1, -0.05) is 249 Å². The van der Waals surface area contributed by atoms with Gasteiger partial charge in [-0.05, 0) is 248 Å². The summed E-state index contributed by atoms with van der Waals surface area (Å²) in [7, 11) is 0. The first-order chi connectivity index (χ1) is 50.8. The number of anilines is 2. The predicted molar refractivity (Wildman–Crippen MR) is 466 cm³/mol. The summed E-state index contributed by atoms with van der Waals surface area (Å²) in [6, 6.07) is 106. The van der Waals surface area contributed by atoms with E-state index in [-0.39, 0.29) is 45.5 Å². The summed E-state index contributed by atoms with van der Waals surface area (Å²) in [6.45, 7) is 6.71. The molecule has 7 nitrogen and oxygen atoms in total.